The first-order chi connectivity index (χ1) is 14.9. The smallest absolute Gasteiger partial charge is 0.163 e. The number of hydrogen-bond donors (Lipinski definition) is 4. The van der Waals surface area contributed by atoms with Crippen molar-refractivity contribution in [2.75, 3.05) is 0 Å². The second-order valence-electron chi connectivity index (χ2n) is 10.1. The van der Waals surface area contributed by atoms with E-state index in [1.54, 1.807) is 0 Å². The summed E-state index contributed by atoms with van der Waals surface area (Å²) in [5.74, 6) is 5.86. The predicted octanol–water partition coefficient (Wildman–Crippen LogP) is 4.88. The van der Waals surface area contributed by atoms with Crippen molar-refractivity contribution in [3.63, 3.8) is 0 Å². The van der Waals surface area contributed by atoms with E-state index >= 15 is 0 Å². The summed E-state index contributed by atoms with van der Waals surface area (Å²) >= 11 is 0. The Morgan fingerprint density at radius 2 is 1.75 bits per heavy atom. The SMILES string of the molecule is CCC(C)(C)C=C=C=C(N)N[C@H](CCC(C)(C)C)c1ccc(C(=O)CCC(N)=NN)cc1. The highest BCUT2D eigenvalue weighted by atomic mass is 16.1. The zero-order chi connectivity index (χ0) is 24.4. The summed E-state index contributed by atoms with van der Waals surface area (Å²) in [6, 6.07) is 7.64. The lowest BCUT2D eigenvalue weighted by Crippen LogP contribution is -2.26. The molecule has 0 saturated heterocycles. The fraction of sp³-hybridized carbons (Fsp3) is 0.538. The van der Waals surface area contributed by atoms with E-state index in [-0.39, 0.29) is 34.9 Å². The third kappa shape index (κ3) is 10.4. The molecule has 6 nitrogen and oxygen atoms in total. The molecule has 6 heteroatoms. The first-order valence-corrected chi connectivity index (χ1v) is 11.3. The minimum absolute atomic E-state index is 0.00637. The van der Waals surface area contributed by atoms with Crippen LogP contribution in [0.2, 0.25) is 0 Å². The lowest BCUT2D eigenvalue weighted by atomic mass is 9.87. The topological polar surface area (TPSA) is 120 Å². The van der Waals surface area contributed by atoms with E-state index in [0.29, 0.717) is 17.8 Å². The number of hydrazone groups is 1. The molecule has 0 heterocycles. The molecule has 1 rings (SSSR count). The first kappa shape index (κ1) is 27.1. The van der Waals surface area contributed by atoms with Gasteiger partial charge in [-0.2, -0.15) is 5.10 Å². The standard InChI is InChI=1S/C26H41N5O/c1-7-26(5,6)17-8-9-23(27)30-21(16-18-25(2,3)4)19-10-12-20(13-11-19)22(32)14-15-24(28)31-29/h10-13,17,21,30H,7,14-16,18,27,29H2,1-6H3,(H2,28,31)/t21-/m1/s1. The van der Waals surface area contributed by atoms with Gasteiger partial charge in [0, 0.05) is 18.4 Å². The highest BCUT2D eigenvalue weighted by Gasteiger charge is 2.18. The second-order valence-corrected chi connectivity index (χ2v) is 10.1. The maximum Gasteiger partial charge on any atom is 0.163 e. The monoisotopic (exact) mass is 439 g/mol. The Morgan fingerprint density at radius 3 is 2.28 bits per heavy atom. The fourth-order valence-electron chi connectivity index (χ4n) is 2.89. The molecule has 32 heavy (non-hydrogen) atoms. The lowest BCUT2D eigenvalue weighted by molar-refractivity contribution is 0.0984. The van der Waals surface area contributed by atoms with E-state index in [2.05, 4.69) is 63.4 Å². The summed E-state index contributed by atoms with van der Waals surface area (Å²) in [6.45, 7) is 13.1. The van der Waals surface area contributed by atoms with Crippen LogP contribution in [0.4, 0.5) is 0 Å². The average Bonchev–Trinajstić information content (AvgIpc) is 2.74. The van der Waals surface area contributed by atoms with Crippen LogP contribution in [0.1, 0.15) is 95.6 Å². The van der Waals surface area contributed by atoms with Crippen molar-refractivity contribution in [3.05, 3.63) is 58.8 Å². The zero-order valence-electron chi connectivity index (χ0n) is 20.6. The number of allylic oxidation sites excluding steroid dienone is 1. The van der Waals surface area contributed by atoms with Crippen LogP contribution in [-0.2, 0) is 0 Å². The summed E-state index contributed by atoms with van der Waals surface area (Å²) in [5.41, 5.74) is 19.9. The summed E-state index contributed by atoms with van der Waals surface area (Å²) in [5, 5.41) is 6.78. The summed E-state index contributed by atoms with van der Waals surface area (Å²) in [7, 11) is 0. The number of nitrogens with one attached hydrogen (secondary N) is 1. The van der Waals surface area contributed by atoms with Crippen LogP contribution in [0, 0.1) is 10.8 Å². The maximum atomic E-state index is 12.4. The summed E-state index contributed by atoms with van der Waals surface area (Å²) < 4.78 is 0. The number of nitrogens with zero attached hydrogens (tertiary/aromatic N) is 1. The van der Waals surface area contributed by atoms with Crippen molar-refractivity contribution in [3.8, 4) is 0 Å². The molecule has 1 aromatic carbocycles. The minimum Gasteiger partial charge on any atom is -0.386 e. The summed E-state index contributed by atoms with van der Waals surface area (Å²) in [6.07, 6.45) is 5.54. The van der Waals surface area contributed by atoms with Gasteiger partial charge in [0.2, 0.25) is 0 Å². The Kier molecular flexibility index (Phi) is 10.3. The highest BCUT2D eigenvalue weighted by molar-refractivity contribution is 5.98. The van der Waals surface area contributed by atoms with Crippen molar-refractivity contribution < 1.29 is 4.79 Å². The molecule has 0 aliphatic heterocycles. The van der Waals surface area contributed by atoms with Gasteiger partial charge in [-0.15, -0.1) is 0 Å². The third-order valence-corrected chi connectivity index (χ3v) is 5.50. The van der Waals surface area contributed by atoms with Gasteiger partial charge in [0.05, 0.1) is 6.04 Å². The first-order valence-electron chi connectivity index (χ1n) is 11.3. The maximum absolute atomic E-state index is 12.4. The molecule has 7 N–H and O–H groups in total. The molecule has 0 radical (unpaired) electrons. The number of carbonyl (C=O) groups is 1. The second kappa shape index (κ2) is 12.2. The van der Waals surface area contributed by atoms with Crippen LogP contribution >= 0.6 is 0 Å². The molecule has 0 aliphatic rings. The van der Waals surface area contributed by atoms with Gasteiger partial charge in [-0.1, -0.05) is 71.5 Å². The van der Waals surface area contributed by atoms with Crippen molar-refractivity contribution in [1.29, 1.82) is 0 Å². The quantitative estimate of drug-likeness (QED) is 0.0978. The molecule has 0 unspecified atom stereocenters. The Bertz CT molecular complexity index is 878. The van der Waals surface area contributed by atoms with Crippen molar-refractivity contribution in [2.24, 2.45) is 33.2 Å². The molecule has 0 bridgehead atoms. The molecule has 176 valence electrons. The van der Waals surface area contributed by atoms with Crippen LogP contribution in [0.3, 0.4) is 0 Å². The molecule has 0 spiro atoms. The van der Waals surface area contributed by atoms with E-state index in [1.807, 2.05) is 30.3 Å². The van der Waals surface area contributed by atoms with Gasteiger partial charge >= 0.3 is 0 Å². The van der Waals surface area contributed by atoms with Crippen LogP contribution < -0.4 is 22.6 Å². The normalized spacial score (nSPS) is 13.0. The van der Waals surface area contributed by atoms with Gasteiger partial charge in [-0.05, 0) is 47.5 Å². The fourth-order valence-corrected chi connectivity index (χ4v) is 2.89. The van der Waals surface area contributed by atoms with Gasteiger partial charge in [0.15, 0.2) is 5.78 Å². The number of amidine groups is 1. The van der Waals surface area contributed by atoms with Gasteiger partial charge in [-0.25, -0.2) is 0 Å². The summed E-state index contributed by atoms with van der Waals surface area (Å²) in [4.78, 5) is 12.4. The van der Waals surface area contributed by atoms with Crippen molar-refractivity contribution in [1.82, 2.24) is 5.32 Å². The zero-order valence-corrected chi connectivity index (χ0v) is 20.6. The van der Waals surface area contributed by atoms with Gasteiger partial charge in [0.25, 0.3) is 0 Å². The number of carbonyl (C=O) groups excluding carboxylic acids is 1. The molecule has 1 aromatic rings. The van der Waals surface area contributed by atoms with E-state index < -0.39 is 0 Å². The molecule has 1 atom stereocenters. The number of nitrogens with two attached hydrogens (primary N) is 3. The number of hydrogen-bond acceptors (Lipinski definition) is 5. The molecular weight excluding hydrogens is 398 g/mol. The van der Waals surface area contributed by atoms with Gasteiger partial charge in [-0.3, -0.25) is 4.79 Å². The van der Waals surface area contributed by atoms with E-state index in [1.165, 1.54) is 0 Å². The van der Waals surface area contributed by atoms with Crippen molar-refractivity contribution >= 4 is 11.6 Å². The Balaban J connectivity index is 3.05. The highest BCUT2D eigenvalue weighted by Crippen LogP contribution is 2.28. The molecule has 0 fully saturated rings. The van der Waals surface area contributed by atoms with E-state index in [4.69, 9.17) is 17.3 Å². The molecule has 0 saturated carbocycles. The molecular formula is C26H41N5O. The van der Waals surface area contributed by atoms with Crippen molar-refractivity contribution in [2.45, 2.75) is 79.7 Å². The minimum atomic E-state index is 0.00637. The molecule has 0 amide bonds. The number of rotatable bonds is 11. The predicted molar refractivity (Wildman–Crippen MR) is 134 cm³/mol. The number of benzene rings is 1. The largest absolute Gasteiger partial charge is 0.386 e. The van der Waals surface area contributed by atoms with Gasteiger partial charge in [0.1, 0.15) is 11.7 Å². The lowest BCUT2D eigenvalue weighted by Gasteiger charge is -2.25. The molecule has 0 aromatic heterocycles. The van der Waals surface area contributed by atoms with E-state index in [9.17, 15) is 4.79 Å². The van der Waals surface area contributed by atoms with Gasteiger partial charge < -0.3 is 22.6 Å². The van der Waals surface area contributed by atoms with Crippen LogP contribution in [0.25, 0.3) is 0 Å². The Morgan fingerprint density at radius 1 is 1.12 bits per heavy atom. The number of ketones is 1. The van der Waals surface area contributed by atoms with Crippen LogP contribution in [0.15, 0.2) is 52.7 Å². The molecule has 0 aliphatic carbocycles. The number of Topliss-reactive ketones (excluding diaryl/α,β-unsaturated/α-hetero) is 1. The van der Waals surface area contributed by atoms with Crippen LogP contribution in [0.5, 0.6) is 0 Å². The Hall–Kier alpha value is -2.94. The Labute approximate surface area is 193 Å². The van der Waals surface area contributed by atoms with E-state index in [0.717, 1.165) is 24.8 Å². The third-order valence-electron chi connectivity index (χ3n) is 5.50. The van der Waals surface area contributed by atoms with Crippen LogP contribution in [-0.4, -0.2) is 11.6 Å². The average molecular weight is 440 g/mol.